The Labute approximate surface area is 203 Å². The smallest absolute Gasteiger partial charge is 0.344 e. The summed E-state index contributed by atoms with van der Waals surface area (Å²) in [6.07, 6.45) is 1.69. The van der Waals surface area contributed by atoms with Crippen LogP contribution in [0.25, 0.3) is 6.08 Å². The third-order valence-corrected chi connectivity index (χ3v) is 5.76. The largest absolute Gasteiger partial charge is 0.506 e. The summed E-state index contributed by atoms with van der Waals surface area (Å²) in [5.41, 5.74) is 1.98. The van der Waals surface area contributed by atoms with Crippen LogP contribution in [0.5, 0.6) is 11.5 Å². The topological polar surface area (TPSA) is 94.4 Å². The van der Waals surface area contributed by atoms with Gasteiger partial charge >= 0.3 is 5.97 Å². The van der Waals surface area contributed by atoms with Crippen molar-refractivity contribution in [3.63, 3.8) is 0 Å². The van der Waals surface area contributed by atoms with Crippen molar-refractivity contribution >= 4 is 34.8 Å². The van der Waals surface area contributed by atoms with Gasteiger partial charge in [0.1, 0.15) is 16.4 Å². The summed E-state index contributed by atoms with van der Waals surface area (Å²) < 4.78 is 16.4. The summed E-state index contributed by atoms with van der Waals surface area (Å²) in [6, 6.07) is 12.3. The molecular weight excluding hydrogens is 454 g/mol. The van der Waals surface area contributed by atoms with E-state index in [0.29, 0.717) is 35.2 Å². The molecule has 7 nitrogen and oxygen atoms in total. The Morgan fingerprint density at radius 1 is 0.971 bits per heavy atom. The van der Waals surface area contributed by atoms with Gasteiger partial charge in [-0.2, -0.15) is 0 Å². The van der Waals surface area contributed by atoms with Crippen molar-refractivity contribution in [2.45, 2.75) is 27.7 Å². The normalized spacial score (nSPS) is 15.6. The molecule has 1 heterocycles. The van der Waals surface area contributed by atoms with Crippen LogP contribution in [0, 0.1) is 6.92 Å². The average Bonchev–Trinajstić information content (AvgIpc) is 3.10. The molecule has 1 aliphatic heterocycles. The number of aryl methyl sites for hydroxylation is 1. The molecule has 0 aliphatic carbocycles. The van der Waals surface area contributed by atoms with Crippen molar-refractivity contribution < 1.29 is 28.9 Å². The molecule has 1 aliphatic rings. The van der Waals surface area contributed by atoms with Crippen LogP contribution in [0.4, 0.5) is 0 Å². The number of rotatable bonds is 8. The second-order valence-corrected chi connectivity index (χ2v) is 8.25. The van der Waals surface area contributed by atoms with Gasteiger partial charge in [-0.05, 0) is 63.6 Å². The highest BCUT2D eigenvalue weighted by molar-refractivity contribution is 8.18. The molecule has 178 valence electrons. The highest BCUT2D eigenvalue weighted by Crippen LogP contribution is 2.40. The second kappa shape index (κ2) is 11.6. The first kappa shape index (κ1) is 25.1. The van der Waals surface area contributed by atoms with Crippen LogP contribution in [0.15, 0.2) is 63.7 Å². The van der Waals surface area contributed by atoms with E-state index in [1.807, 2.05) is 39.0 Å². The lowest BCUT2D eigenvalue weighted by Gasteiger charge is -2.11. The van der Waals surface area contributed by atoms with Crippen LogP contribution in [0.3, 0.4) is 0 Å². The molecule has 0 aromatic heterocycles. The number of aliphatic hydroxyl groups is 1. The molecule has 8 heteroatoms. The Bertz CT molecular complexity index is 1160. The third kappa shape index (κ3) is 5.88. The zero-order valence-electron chi connectivity index (χ0n) is 19.6. The van der Waals surface area contributed by atoms with Crippen molar-refractivity contribution in [3.05, 3.63) is 75.4 Å². The first-order valence-electron chi connectivity index (χ1n) is 11.0. The molecule has 0 saturated carbocycles. The van der Waals surface area contributed by atoms with Crippen LogP contribution < -0.4 is 9.47 Å². The van der Waals surface area contributed by atoms with Crippen molar-refractivity contribution in [2.75, 3.05) is 19.8 Å². The number of amides is 1. The molecule has 1 amide bonds. The molecule has 0 bridgehead atoms. The Kier molecular flexibility index (Phi) is 8.54. The Morgan fingerprint density at radius 3 is 2.29 bits per heavy atom. The number of aliphatic imine (C=N–C) groups is 1. The fourth-order valence-corrected chi connectivity index (χ4v) is 4.17. The second-order valence-electron chi connectivity index (χ2n) is 7.22. The van der Waals surface area contributed by atoms with E-state index in [1.165, 1.54) is 0 Å². The molecule has 0 saturated heterocycles. The summed E-state index contributed by atoms with van der Waals surface area (Å²) in [7, 11) is 0. The van der Waals surface area contributed by atoms with Crippen LogP contribution in [0.1, 0.15) is 42.3 Å². The van der Waals surface area contributed by atoms with E-state index in [9.17, 15) is 14.7 Å². The highest BCUT2D eigenvalue weighted by Gasteiger charge is 2.34. The van der Waals surface area contributed by atoms with E-state index < -0.39 is 11.9 Å². The fraction of sp³-hybridized carbons (Fsp3) is 0.269. The number of carbonyl (C=O) groups excluding carboxylic acids is 2. The number of aliphatic hydroxyl groups excluding tert-OH is 1. The van der Waals surface area contributed by atoms with Gasteiger partial charge < -0.3 is 19.3 Å². The maximum absolute atomic E-state index is 12.7. The van der Waals surface area contributed by atoms with Crippen LogP contribution in [-0.2, 0) is 9.53 Å². The number of hydrogen-bond acceptors (Lipinski definition) is 7. The molecule has 0 fully saturated rings. The van der Waals surface area contributed by atoms with Crippen LogP contribution >= 0.6 is 11.8 Å². The summed E-state index contributed by atoms with van der Waals surface area (Å²) in [5.74, 6) is -0.362. The standard InChI is InChI=1S/C26H27NO6S/c1-5-31-19-13-10-17(14-20(19)32-6-2)15-21-23(28)22(26(30)33-7-3)25(34-21)27-24(29)18-11-8-16(4)9-12-18/h8-15,28H,5-7H2,1-4H3/b21-15-,27-25?. The lowest BCUT2D eigenvalue weighted by Crippen LogP contribution is -2.14. The number of carbonyl (C=O) groups is 2. The number of esters is 1. The SMILES string of the molecule is CCOC(=O)C1=C(O)/C(=C/c2ccc(OCC)c(OCC)c2)SC1=NC(=O)c1ccc(C)cc1. The van der Waals surface area contributed by atoms with Gasteiger partial charge in [-0.15, -0.1) is 0 Å². The fourth-order valence-electron chi connectivity index (χ4n) is 3.15. The van der Waals surface area contributed by atoms with E-state index >= 15 is 0 Å². The van der Waals surface area contributed by atoms with Gasteiger partial charge in [0, 0.05) is 5.56 Å². The molecule has 0 spiro atoms. The van der Waals surface area contributed by atoms with Gasteiger partial charge in [0.2, 0.25) is 0 Å². The third-order valence-electron chi connectivity index (χ3n) is 4.74. The zero-order chi connectivity index (χ0) is 24.7. The number of nitrogens with zero attached hydrogens (tertiary/aromatic N) is 1. The quantitative estimate of drug-likeness (QED) is 0.498. The van der Waals surface area contributed by atoms with Crippen molar-refractivity contribution in [1.82, 2.24) is 0 Å². The molecule has 1 N–H and O–H groups in total. The lowest BCUT2D eigenvalue weighted by molar-refractivity contribution is -0.138. The monoisotopic (exact) mass is 481 g/mol. The average molecular weight is 482 g/mol. The Hall–Kier alpha value is -3.52. The molecule has 2 aromatic carbocycles. The van der Waals surface area contributed by atoms with E-state index in [4.69, 9.17) is 14.2 Å². The number of ether oxygens (including phenoxy) is 3. The maximum Gasteiger partial charge on any atom is 0.344 e. The minimum absolute atomic E-state index is 0.0868. The Morgan fingerprint density at radius 2 is 1.65 bits per heavy atom. The number of benzene rings is 2. The molecule has 0 radical (unpaired) electrons. The number of thioether (sulfide) groups is 1. The predicted octanol–water partition coefficient (Wildman–Crippen LogP) is 5.49. The lowest BCUT2D eigenvalue weighted by atomic mass is 10.1. The van der Waals surface area contributed by atoms with Crippen molar-refractivity contribution in [3.8, 4) is 11.5 Å². The van der Waals surface area contributed by atoms with Crippen LogP contribution in [-0.4, -0.2) is 41.8 Å². The molecule has 3 rings (SSSR count). The van der Waals surface area contributed by atoms with Gasteiger partial charge in [0.05, 0.1) is 24.7 Å². The van der Waals surface area contributed by atoms with Gasteiger partial charge in [-0.25, -0.2) is 9.79 Å². The van der Waals surface area contributed by atoms with Gasteiger partial charge in [0.25, 0.3) is 5.91 Å². The molecule has 34 heavy (non-hydrogen) atoms. The highest BCUT2D eigenvalue weighted by atomic mass is 32.2. The first-order valence-corrected chi connectivity index (χ1v) is 11.8. The van der Waals surface area contributed by atoms with Gasteiger partial charge in [-0.3, -0.25) is 4.79 Å². The first-order chi connectivity index (χ1) is 16.4. The molecular formula is C26H27NO6S. The minimum atomic E-state index is -0.743. The predicted molar refractivity (Wildman–Crippen MR) is 134 cm³/mol. The Balaban J connectivity index is 2.00. The molecule has 2 aromatic rings. The van der Waals surface area contributed by atoms with Crippen molar-refractivity contribution in [1.29, 1.82) is 0 Å². The van der Waals surface area contributed by atoms with Gasteiger partial charge in [0.15, 0.2) is 11.5 Å². The molecule has 0 unspecified atom stereocenters. The molecule has 0 atom stereocenters. The van der Waals surface area contributed by atoms with Crippen molar-refractivity contribution in [2.24, 2.45) is 4.99 Å². The van der Waals surface area contributed by atoms with E-state index in [-0.39, 0.29) is 23.0 Å². The summed E-state index contributed by atoms with van der Waals surface area (Å²) >= 11 is 1.03. The van der Waals surface area contributed by atoms with Crippen LogP contribution in [0.2, 0.25) is 0 Å². The summed E-state index contributed by atoms with van der Waals surface area (Å²) in [4.78, 5) is 29.8. The zero-order valence-corrected chi connectivity index (χ0v) is 20.4. The summed E-state index contributed by atoms with van der Waals surface area (Å²) in [5, 5.41) is 10.9. The minimum Gasteiger partial charge on any atom is -0.506 e. The van der Waals surface area contributed by atoms with E-state index in [0.717, 1.165) is 22.9 Å². The number of hydrogen-bond donors (Lipinski definition) is 1. The maximum atomic E-state index is 12.7. The van der Waals surface area contributed by atoms with E-state index in [1.54, 1.807) is 37.3 Å². The van der Waals surface area contributed by atoms with E-state index in [2.05, 4.69) is 4.99 Å². The summed E-state index contributed by atoms with van der Waals surface area (Å²) in [6.45, 7) is 8.43. The van der Waals surface area contributed by atoms with Gasteiger partial charge in [-0.1, -0.05) is 35.5 Å².